The molecule has 0 atom stereocenters. The first-order chi connectivity index (χ1) is 9.63. The highest BCUT2D eigenvalue weighted by atomic mass is 32.1. The van der Waals surface area contributed by atoms with Crippen LogP contribution in [-0.2, 0) is 6.54 Å². The number of nitrogens with zero attached hydrogens (tertiary/aromatic N) is 2. The molecule has 0 radical (unpaired) electrons. The van der Waals surface area contributed by atoms with E-state index in [0.29, 0.717) is 11.3 Å². The Bertz CT molecular complexity index is 746. The zero-order valence-electron chi connectivity index (χ0n) is 10.8. The lowest BCUT2D eigenvalue weighted by Gasteiger charge is -2.04. The van der Waals surface area contributed by atoms with Gasteiger partial charge in [-0.15, -0.1) is 11.3 Å². The van der Waals surface area contributed by atoms with Crippen LogP contribution in [0.25, 0.3) is 4.96 Å². The van der Waals surface area contributed by atoms with E-state index < -0.39 is 0 Å². The van der Waals surface area contributed by atoms with E-state index in [1.54, 1.807) is 24.4 Å². The largest absolute Gasteiger partial charge is 0.346 e. The molecule has 102 valence electrons. The number of rotatable bonds is 3. The Morgan fingerprint density at radius 1 is 1.40 bits per heavy atom. The lowest BCUT2D eigenvalue weighted by molar-refractivity contribution is 0.0946. The van der Waals surface area contributed by atoms with E-state index in [1.807, 2.05) is 17.5 Å². The van der Waals surface area contributed by atoms with Crippen LogP contribution in [0.1, 0.15) is 20.9 Å². The van der Waals surface area contributed by atoms with Crippen LogP contribution in [0, 0.1) is 12.7 Å². The number of hydrogen-bond acceptors (Lipinski definition) is 3. The zero-order valence-corrected chi connectivity index (χ0v) is 11.6. The number of carbonyl (C=O) groups is 1. The molecule has 20 heavy (non-hydrogen) atoms. The lowest BCUT2D eigenvalue weighted by atomic mass is 10.2. The molecule has 6 heteroatoms. The predicted molar refractivity (Wildman–Crippen MR) is 75.4 cm³/mol. The van der Waals surface area contributed by atoms with Gasteiger partial charge in [0.05, 0.1) is 0 Å². The fourth-order valence-electron chi connectivity index (χ4n) is 1.93. The molecule has 3 rings (SSSR count). The normalized spacial score (nSPS) is 10.9. The van der Waals surface area contributed by atoms with E-state index in [0.717, 1.165) is 9.84 Å². The first-order valence-corrected chi connectivity index (χ1v) is 6.92. The van der Waals surface area contributed by atoms with Gasteiger partial charge in [-0.05, 0) is 13.0 Å². The van der Waals surface area contributed by atoms with E-state index in [-0.39, 0.29) is 18.3 Å². The molecule has 0 aliphatic rings. The molecule has 0 aliphatic carbocycles. The summed E-state index contributed by atoms with van der Waals surface area (Å²) in [5.41, 5.74) is 0.797. The van der Waals surface area contributed by atoms with Crippen molar-refractivity contribution in [2.24, 2.45) is 0 Å². The Morgan fingerprint density at radius 3 is 2.95 bits per heavy atom. The molecule has 1 N–H and O–H groups in total. The van der Waals surface area contributed by atoms with Crippen LogP contribution in [0.15, 0.2) is 36.7 Å². The van der Waals surface area contributed by atoms with Crippen molar-refractivity contribution in [1.82, 2.24) is 14.7 Å². The third kappa shape index (κ3) is 2.42. The van der Waals surface area contributed by atoms with Gasteiger partial charge >= 0.3 is 0 Å². The number of halogens is 1. The summed E-state index contributed by atoms with van der Waals surface area (Å²) in [6.07, 6.45) is 3.59. The summed E-state index contributed by atoms with van der Waals surface area (Å²) >= 11 is 1.52. The van der Waals surface area contributed by atoms with Crippen LogP contribution in [0.2, 0.25) is 0 Å². The van der Waals surface area contributed by atoms with Crippen molar-refractivity contribution in [2.75, 3.05) is 0 Å². The SMILES string of the molecule is Cc1cn2cc(C(=O)NCc3ccccc3F)nc2s1. The van der Waals surface area contributed by atoms with Gasteiger partial charge in [-0.25, -0.2) is 9.37 Å². The highest BCUT2D eigenvalue weighted by molar-refractivity contribution is 7.17. The second kappa shape index (κ2) is 5.05. The van der Waals surface area contributed by atoms with Gasteiger partial charge in [-0.1, -0.05) is 18.2 Å². The van der Waals surface area contributed by atoms with Gasteiger partial charge in [-0.3, -0.25) is 9.20 Å². The van der Waals surface area contributed by atoms with Gasteiger partial charge in [0.1, 0.15) is 11.5 Å². The first-order valence-electron chi connectivity index (χ1n) is 6.10. The number of benzene rings is 1. The van der Waals surface area contributed by atoms with Crippen LogP contribution in [0.5, 0.6) is 0 Å². The minimum atomic E-state index is -0.325. The molecular formula is C14H12FN3OS. The van der Waals surface area contributed by atoms with Crippen molar-refractivity contribution in [2.45, 2.75) is 13.5 Å². The molecule has 0 bridgehead atoms. The number of aryl methyl sites for hydroxylation is 1. The molecule has 1 aromatic carbocycles. The third-order valence-corrected chi connectivity index (χ3v) is 3.81. The molecule has 0 aliphatic heterocycles. The third-order valence-electron chi connectivity index (χ3n) is 2.90. The van der Waals surface area contributed by atoms with E-state index in [9.17, 15) is 9.18 Å². The Morgan fingerprint density at radius 2 is 2.20 bits per heavy atom. The van der Waals surface area contributed by atoms with Gasteiger partial charge in [0.15, 0.2) is 4.96 Å². The summed E-state index contributed by atoms with van der Waals surface area (Å²) in [7, 11) is 0. The van der Waals surface area contributed by atoms with E-state index in [1.165, 1.54) is 17.4 Å². The maximum Gasteiger partial charge on any atom is 0.271 e. The number of thiazole rings is 1. The molecule has 1 amide bonds. The molecule has 2 aromatic heterocycles. The Labute approximate surface area is 118 Å². The molecule has 0 saturated carbocycles. The van der Waals surface area contributed by atoms with Crippen molar-refractivity contribution < 1.29 is 9.18 Å². The molecule has 0 saturated heterocycles. The second-order valence-electron chi connectivity index (χ2n) is 4.43. The molecule has 0 spiro atoms. The molecule has 3 aromatic rings. The Balaban J connectivity index is 1.73. The number of amides is 1. The minimum Gasteiger partial charge on any atom is -0.346 e. The van der Waals surface area contributed by atoms with Crippen LogP contribution >= 0.6 is 11.3 Å². The topological polar surface area (TPSA) is 46.4 Å². The van der Waals surface area contributed by atoms with Crippen molar-refractivity contribution >= 4 is 22.2 Å². The van der Waals surface area contributed by atoms with Crippen molar-refractivity contribution in [3.63, 3.8) is 0 Å². The molecular weight excluding hydrogens is 277 g/mol. The van der Waals surface area contributed by atoms with Crippen molar-refractivity contribution in [3.05, 3.63) is 58.6 Å². The van der Waals surface area contributed by atoms with Crippen LogP contribution < -0.4 is 5.32 Å². The number of imidazole rings is 1. The van der Waals surface area contributed by atoms with E-state index in [2.05, 4.69) is 10.3 Å². The van der Waals surface area contributed by atoms with Crippen LogP contribution in [0.4, 0.5) is 4.39 Å². The second-order valence-corrected chi connectivity index (χ2v) is 5.65. The summed E-state index contributed by atoms with van der Waals surface area (Å²) in [6.45, 7) is 2.13. The molecule has 4 nitrogen and oxygen atoms in total. The number of hydrogen-bond donors (Lipinski definition) is 1. The van der Waals surface area contributed by atoms with E-state index >= 15 is 0 Å². The lowest BCUT2D eigenvalue weighted by Crippen LogP contribution is -2.23. The van der Waals surface area contributed by atoms with Crippen molar-refractivity contribution in [1.29, 1.82) is 0 Å². The van der Waals surface area contributed by atoms with E-state index in [4.69, 9.17) is 0 Å². The summed E-state index contributed by atoms with van der Waals surface area (Å²) in [5, 5.41) is 2.67. The van der Waals surface area contributed by atoms with Gasteiger partial charge in [0, 0.05) is 29.4 Å². The highest BCUT2D eigenvalue weighted by Crippen LogP contribution is 2.16. The molecule has 0 fully saturated rings. The Kier molecular flexibility index (Phi) is 3.23. The summed E-state index contributed by atoms with van der Waals surface area (Å²) < 4.78 is 15.3. The quantitative estimate of drug-likeness (QED) is 0.806. The van der Waals surface area contributed by atoms with Crippen molar-refractivity contribution in [3.8, 4) is 0 Å². The van der Waals surface area contributed by atoms with Gasteiger partial charge < -0.3 is 5.32 Å². The molecule has 2 heterocycles. The van der Waals surface area contributed by atoms with Gasteiger partial charge in [-0.2, -0.15) is 0 Å². The number of aromatic nitrogens is 2. The first kappa shape index (κ1) is 12.8. The van der Waals surface area contributed by atoms with Gasteiger partial charge in [0.25, 0.3) is 5.91 Å². The number of fused-ring (bicyclic) bond motifs is 1. The fourth-order valence-corrected chi connectivity index (χ4v) is 2.74. The predicted octanol–water partition coefficient (Wildman–Crippen LogP) is 2.77. The van der Waals surface area contributed by atoms with Crippen LogP contribution in [0.3, 0.4) is 0 Å². The standard InChI is InChI=1S/C14H12FN3OS/c1-9-7-18-8-12(17-14(18)20-9)13(19)16-6-10-4-2-3-5-11(10)15/h2-5,7-8H,6H2,1H3,(H,16,19). The minimum absolute atomic E-state index is 0.149. The molecule has 0 unspecified atom stereocenters. The number of carbonyl (C=O) groups excluding carboxylic acids is 1. The summed E-state index contributed by atoms with van der Waals surface area (Å²) in [6, 6.07) is 6.37. The summed E-state index contributed by atoms with van der Waals surface area (Å²) in [4.78, 5) is 18.1. The maximum atomic E-state index is 13.4. The Hall–Kier alpha value is -2.21. The number of nitrogens with one attached hydrogen (secondary N) is 1. The average Bonchev–Trinajstić information content (AvgIpc) is 2.94. The smallest absolute Gasteiger partial charge is 0.271 e. The van der Waals surface area contributed by atoms with Crippen LogP contribution in [-0.4, -0.2) is 15.3 Å². The van der Waals surface area contributed by atoms with Gasteiger partial charge in [0.2, 0.25) is 0 Å². The monoisotopic (exact) mass is 289 g/mol. The average molecular weight is 289 g/mol. The zero-order chi connectivity index (χ0) is 14.1. The maximum absolute atomic E-state index is 13.4. The fraction of sp³-hybridized carbons (Fsp3) is 0.143. The highest BCUT2D eigenvalue weighted by Gasteiger charge is 2.12. The summed E-state index contributed by atoms with van der Waals surface area (Å²) in [5.74, 6) is -0.629.